The molecule has 0 amide bonds. The molecule has 0 bridgehead atoms. The third-order valence-corrected chi connectivity index (χ3v) is 5.57. The lowest BCUT2D eigenvalue weighted by Crippen LogP contribution is -3.18. The highest BCUT2D eigenvalue weighted by molar-refractivity contribution is 6.04. The summed E-state index contributed by atoms with van der Waals surface area (Å²) in [7, 11) is 0. The number of rotatable bonds is 5. The molecule has 2 N–H and O–H groups in total. The summed E-state index contributed by atoms with van der Waals surface area (Å²) in [6, 6.07) is 10.3. The van der Waals surface area contributed by atoms with Gasteiger partial charge in [0.15, 0.2) is 11.8 Å². The number of nitrogens with zero attached hydrogens (tertiary/aromatic N) is 1. The van der Waals surface area contributed by atoms with E-state index in [1.165, 1.54) is 10.6 Å². The molecule has 138 valence electrons. The van der Waals surface area contributed by atoms with Crippen LogP contribution in [0.15, 0.2) is 30.3 Å². The van der Waals surface area contributed by atoms with Crippen LogP contribution in [0.1, 0.15) is 46.0 Å². The zero-order valence-electron chi connectivity index (χ0n) is 16.1. The molecule has 0 radical (unpaired) electrons. The highest BCUT2D eigenvalue weighted by atomic mass is 16.1. The normalized spacial score (nSPS) is 16.5. The van der Waals surface area contributed by atoms with Crippen LogP contribution < -0.4 is 9.80 Å². The van der Waals surface area contributed by atoms with Gasteiger partial charge < -0.3 is 14.8 Å². The standard InChI is InChI=1S/C21H27N3O2/c1-14-19(17(4)25)15(2)22-20(14)21(26)16(3)23-10-12-24(13-11-23)18-8-6-5-7-9-18/h5-9,16,22H,10-13H2,1-4H3/p+1/t16-/m1/s1. The average Bonchev–Trinajstić information content (AvgIpc) is 2.95. The van der Waals surface area contributed by atoms with E-state index in [4.69, 9.17) is 0 Å². The van der Waals surface area contributed by atoms with Gasteiger partial charge in [-0.05, 0) is 45.4 Å². The molecule has 0 unspecified atom stereocenters. The van der Waals surface area contributed by atoms with E-state index in [-0.39, 0.29) is 17.6 Å². The van der Waals surface area contributed by atoms with Crippen molar-refractivity contribution in [2.45, 2.75) is 33.7 Å². The Morgan fingerprint density at radius 1 is 1.12 bits per heavy atom. The molecule has 0 saturated carbocycles. The van der Waals surface area contributed by atoms with Crippen LogP contribution in [-0.4, -0.2) is 48.8 Å². The zero-order chi connectivity index (χ0) is 18.8. The van der Waals surface area contributed by atoms with Gasteiger partial charge in [0, 0.05) is 16.9 Å². The number of Topliss-reactive ketones (excluding diaryl/α,β-unsaturated/α-hetero) is 2. The van der Waals surface area contributed by atoms with Gasteiger partial charge in [0.2, 0.25) is 5.78 Å². The van der Waals surface area contributed by atoms with Gasteiger partial charge in [-0.3, -0.25) is 9.59 Å². The molecule has 0 aliphatic carbocycles. The SMILES string of the molecule is CC(=O)c1c(C)[nH]c(C(=O)[C@@H](C)[NH+]2CCN(c3ccccc3)CC2)c1C. The van der Waals surface area contributed by atoms with Crippen molar-refractivity contribution in [1.29, 1.82) is 0 Å². The minimum Gasteiger partial charge on any atom is -0.360 e. The Morgan fingerprint density at radius 2 is 1.73 bits per heavy atom. The van der Waals surface area contributed by atoms with Crippen molar-refractivity contribution in [1.82, 2.24) is 4.98 Å². The van der Waals surface area contributed by atoms with E-state index in [2.05, 4.69) is 34.1 Å². The number of carbonyl (C=O) groups excluding carboxylic acids is 2. The van der Waals surface area contributed by atoms with Gasteiger partial charge in [-0.1, -0.05) is 18.2 Å². The Hall–Kier alpha value is -2.40. The number of piperazine rings is 1. The van der Waals surface area contributed by atoms with Crippen LogP contribution in [0.5, 0.6) is 0 Å². The molecule has 1 aliphatic heterocycles. The third kappa shape index (κ3) is 3.44. The monoisotopic (exact) mass is 354 g/mol. The topological polar surface area (TPSA) is 57.6 Å². The highest BCUT2D eigenvalue weighted by Crippen LogP contribution is 2.19. The molecule has 1 aromatic heterocycles. The van der Waals surface area contributed by atoms with E-state index < -0.39 is 0 Å². The van der Waals surface area contributed by atoms with Crippen molar-refractivity contribution in [3.8, 4) is 0 Å². The second-order valence-electron chi connectivity index (χ2n) is 7.25. The van der Waals surface area contributed by atoms with E-state index in [1.54, 1.807) is 6.92 Å². The summed E-state index contributed by atoms with van der Waals surface area (Å²) in [4.78, 5) is 31.7. The number of para-hydroxylation sites is 1. The number of aromatic nitrogens is 1. The molecule has 1 aromatic carbocycles. The molecule has 2 heterocycles. The Bertz CT molecular complexity index is 802. The zero-order valence-corrected chi connectivity index (χ0v) is 16.1. The molecule has 1 fully saturated rings. The number of quaternary nitrogens is 1. The van der Waals surface area contributed by atoms with Crippen LogP contribution in [0.2, 0.25) is 0 Å². The molecule has 1 saturated heterocycles. The van der Waals surface area contributed by atoms with E-state index in [0.29, 0.717) is 11.3 Å². The van der Waals surface area contributed by atoms with E-state index in [9.17, 15) is 9.59 Å². The first kappa shape index (κ1) is 18.4. The summed E-state index contributed by atoms with van der Waals surface area (Å²) in [6.07, 6.45) is 0. The highest BCUT2D eigenvalue weighted by Gasteiger charge is 2.32. The summed E-state index contributed by atoms with van der Waals surface area (Å²) in [5.41, 5.74) is 4.07. The van der Waals surface area contributed by atoms with Gasteiger partial charge >= 0.3 is 0 Å². The van der Waals surface area contributed by atoms with Gasteiger partial charge in [-0.25, -0.2) is 0 Å². The average molecular weight is 354 g/mol. The number of aromatic amines is 1. The fraction of sp³-hybridized carbons (Fsp3) is 0.429. The number of nitrogens with one attached hydrogen (secondary N) is 2. The van der Waals surface area contributed by atoms with Gasteiger partial charge in [0.05, 0.1) is 31.9 Å². The molecule has 1 aliphatic rings. The van der Waals surface area contributed by atoms with E-state index >= 15 is 0 Å². The second kappa shape index (κ2) is 7.46. The number of hydrogen-bond acceptors (Lipinski definition) is 3. The van der Waals surface area contributed by atoms with Gasteiger partial charge in [0.1, 0.15) is 0 Å². The van der Waals surface area contributed by atoms with Crippen LogP contribution in [0, 0.1) is 13.8 Å². The maximum Gasteiger partial charge on any atom is 0.235 e. The lowest BCUT2D eigenvalue weighted by atomic mass is 10.0. The summed E-state index contributed by atoms with van der Waals surface area (Å²) < 4.78 is 0. The smallest absolute Gasteiger partial charge is 0.235 e. The number of carbonyl (C=O) groups is 2. The molecule has 2 aromatic rings. The number of ketones is 2. The Kier molecular flexibility index (Phi) is 5.28. The van der Waals surface area contributed by atoms with Gasteiger partial charge in [-0.15, -0.1) is 0 Å². The van der Waals surface area contributed by atoms with Crippen LogP contribution in [0.25, 0.3) is 0 Å². The van der Waals surface area contributed by atoms with Crippen molar-refractivity contribution >= 4 is 17.3 Å². The molecule has 3 rings (SSSR count). The lowest BCUT2D eigenvalue weighted by molar-refractivity contribution is -0.914. The number of hydrogen-bond donors (Lipinski definition) is 2. The molecule has 5 nitrogen and oxygen atoms in total. The number of anilines is 1. The van der Waals surface area contributed by atoms with Gasteiger partial charge in [-0.2, -0.15) is 0 Å². The first-order valence-corrected chi connectivity index (χ1v) is 9.29. The Morgan fingerprint density at radius 3 is 2.27 bits per heavy atom. The summed E-state index contributed by atoms with van der Waals surface area (Å²) >= 11 is 0. The Labute approximate surface area is 155 Å². The maximum atomic E-state index is 13.0. The number of aryl methyl sites for hydroxylation is 1. The fourth-order valence-corrected chi connectivity index (χ4v) is 4.05. The van der Waals surface area contributed by atoms with Crippen LogP contribution in [0.4, 0.5) is 5.69 Å². The lowest BCUT2D eigenvalue weighted by Gasteiger charge is -2.36. The van der Waals surface area contributed by atoms with Crippen LogP contribution in [0.3, 0.4) is 0 Å². The van der Waals surface area contributed by atoms with E-state index in [1.807, 2.05) is 26.8 Å². The Balaban J connectivity index is 1.69. The minimum atomic E-state index is -0.121. The maximum absolute atomic E-state index is 13.0. The predicted octanol–water partition coefficient (Wildman–Crippen LogP) is 1.81. The van der Waals surface area contributed by atoms with Crippen molar-refractivity contribution < 1.29 is 14.5 Å². The van der Waals surface area contributed by atoms with Crippen molar-refractivity contribution in [2.75, 3.05) is 31.1 Å². The first-order valence-electron chi connectivity index (χ1n) is 9.29. The molecule has 1 atom stereocenters. The first-order chi connectivity index (χ1) is 12.4. The molecular formula is C21H28N3O2+. The summed E-state index contributed by atoms with van der Waals surface area (Å²) in [5.74, 6) is 0.105. The van der Waals surface area contributed by atoms with Crippen molar-refractivity contribution in [2.24, 2.45) is 0 Å². The second-order valence-corrected chi connectivity index (χ2v) is 7.25. The molecule has 26 heavy (non-hydrogen) atoms. The van der Waals surface area contributed by atoms with Crippen LogP contribution in [-0.2, 0) is 0 Å². The summed E-state index contributed by atoms with van der Waals surface area (Å²) in [5, 5.41) is 0. The number of benzene rings is 1. The quantitative estimate of drug-likeness (QED) is 0.805. The van der Waals surface area contributed by atoms with Crippen molar-refractivity contribution in [3.63, 3.8) is 0 Å². The molecular weight excluding hydrogens is 326 g/mol. The summed E-state index contributed by atoms with van der Waals surface area (Å²) in [6.45, 7) is 11.0. The van der Waals surface area contributed by atoms with Crippen molar-refractivity contribution in [3.05, 3.63) is 52.8 Å². The third-order valence-electron chi connectivity index (χ3n) is 5.57. The molecule has 0 spiro atoms. The largest absolute Gasteiger partial charge is 0.360 e. The van der Waals surface area contributed by atoms with Crippen LogP contribution >= 0.6 is 0 Å². The predicted molar refractivity (Wildman–Crippen MR) is 103 cm³/mol. The van der Waals surface area contributed by atoms with E-state index in [0.717, 1.165) is 37.4 Å². The molecule has 5 heteroatoms. The fourth-order valence-electron chi connectivity index (χ4n) is 4.05. The minimum absolute atomic E-state index is 0.00627. The van der Waals surface area contributed by atoms with Gasteiger partial charge in [0.25, 0.3) is 0 Å². The number of H-pyrrole nitrogens is 1.